The number of aromatic nitrogens is 2. The van der Waals surface area contributed by atoms with Crippen molar-refractivity contribution in [1.82, 2.24) is 14.3 Å². The molecule has 2 aromatic carbocycles. The van der Waals surface area contributed by atoms with Gasteiger partial charge in [-0.1, -0.05) is 55.3 Å². The molecule has 3 aromatic rings. The molecule has 26 heavy (non-hydrogen) atoms. The number of unbranched alkanes of at least 4 members (excludes halogenated alkanes) is 1. The Morgan fingerprint density at radius 1 is 1.08 bits per heavy atom. The summed E-state index contributed by atoms with van der Waals surface area (Å²) in [6, 6.07) is 16.3. The molecule has 0 atom stereocenters. The Hall–Kier alpha value is -2.18. The Labute approximate surface area is 155 Å². The zero-order chi connectivity index (χ0) is 18.6. The first-order chi connectivity index (χ1) is 12.5. The smallest absolute Gasteiger partial charge is 0.212 e. The minimum absolute atomic E-state index is 0.154. The summed E-state index contributed by atoms with van der Waals surface area (Å²) in [4.78, 5) is 4.65. The number of sulfonamides is 1. The molecule has 3 rings (SSSR count). The van der Waals surface area contributed by atoms with Gasteiger partial charge in [-0.3, -0.25) is 0 Å². The lowest BCUT2D eigenvalue weighted by Gasteiger charge is -2.11. The van der Waals surface area contributed by atoms with E-state index in [-0.39, 0.29) is 12.3 Å². The van der Waals surface area contributed by atoms with Gasteiger partial charge in [0.25, 0.3) is 0 Å². The number of hydrogen-bond donors (Lipinski definition) is 1. The normalized spacial score (nSPS) is 11.9. The predicted molar refractivity (Wildman–Crippen MR) is 106 cm³/mol. The van der Waals surface area contributed by atoms with E-state index in [1.165, 1.54) is 5.56 Å². The van der Waals surface area contributed by atoms with Crippen LogP contribution in [-0.2, 0) is 23.1 Å². The molecule has 0 aliphatic rings. The highest BCUT2D eigenvalue weighted by Crippen LogP contribution is 2.18. The van der Waals surface area contributed by atoms with Crippen molar-refractivity contribution in [1.29, 1.82) is 0 Å². The number of rotatable bonds is 8. The molecule has 0 amide bonds. The Balaban J connectivity index is 1.88. The third kappa shape index (κ3) is 4.51. The summed E-state index contributed by atoms with van der Waals surface area (Å²) in [6.07, 6.45) is 1.52. The molecule has 0 bridgehead atoms. The van der Waals surface area contributed by atoms with E-state index in [0.717, 1.165) is 28.8 Å². The van der Waals surface area contributed by atoms with Crippen LogP contribution in [0, 0.1) is 6.92 Å². The van der Waals surface area contributed by atoms with Gasteiger partial charge in [0, 0.05) is 6.54 Å². The maximum Gasteiger partial charge on any atom is 0.212 e. The minimum atomic E-state index is -3.28. The topological polar surface area (TPSA) is 64.0 Å². The van der Waals surface area contributed by atoms with Gasteiger partial charge < -0.3 is 4.57 Å². The van der Waals surface area contributed by atoms with Crippen LogP contribution in [0.2, 0.25) is 0 Å². The number of aryl methyl sites for hydroxylation is 1. The standard InChI is InChI=1S/C20H25N3O2S/c1-3-4-13-26(24,25)21-14-20-22-18-7-5-6-8-19(18)23(20)15-17-11-9-16(2)10-12-17/h5-12,21H,3-4,13-15H2,1-2H3. The first kappa shape index (κ1) is 18.6. The highest BCUT2D eigenvalue weighted by atomic mass is 32.2. The molecule has 0 saturated heterocycles. The average molecular weight is 372 g/mol. The van der Waals surface area contributed by atoms with E-state index in [9.17, 15) is 8.42 Å². The second-order valence-electron chi connectivity index (χ2n) is 6.58. The third-order valence-electron chi connectivity index (χ3n) is 4.41. The van der Waals surface area contributed by atoms with Crippen LogP contribution in [0.15, 0.2) is 48.5 Å². The number of fused-ring (bicyclic) bond motifs is 1. The van der Waals surface area contributed by atoms with E-state index in [1.807, 2.05) is 31.2 Å². The molecular weight excluding hydrogens is 346 g/mol. The van der Waals surface area contributed by atoms with Gasteiger partial charge in [0.15, 0.2) is 0 Å². The molecule has 5 nitrogen and oxygen atoms in total. The zero-order valence-corrected chi connectivity index (χ0v) is 16.1. The van der Waals surface area contributed by atoms with E-state index < -0.39 is 10.0 Å². The van der Waals surface area contributed by atoms with Gasteiger partial charge in [0.05, 0.1) is 23.3 Å². The van der Waals surface area contributed by atoms with Crippen molar-refractivity contribution < 1.29 is 8.42 Å². The van der Waals surface area contributed by atoms with E-state index in [1.54, 1.807) is 0 Å². The zero-order valence-electron chi connectivity index (χ0n) is 15.3. The van der Waals surface area contributed by atoms with Crippen LogP contribution in [0.1, 0.15) is 36.7 Å². The summed E-state index contributed by atoms with van der Waals surface area (Å²) in [5, 5.41) is 0. The second-order valence-corrected chi connectivity index (χ2v) is 8.51. The maximum absolute atomic E-state index is 12.1. The van der Waals surface area contributed by atoms with Crippen LogP contribution in [-0.4, -0.2) is 23.7 Å². The third-order valence-corrected chi connectivity index (χ3v) is 5.82. The minimum Gasteiger partial charge on any atom is -0.322 e. The van der Waals surface area contributed by atoms with Crippen LogP contribution in [0.3, 0.4) is 0 Å². The number of hydrogen-bond acceptors (Lipinski definition) is 3. The lowest BCUT2D eigenvalue weighted by Crippen LogP contribution is -2.27. The van der Waals surface area contributed by atoms with Gasteiger partial charge in [-0.25, -0.2) is 18.1 Å². The lowest BCUT2D eigenvalue weighted by atomic mass is 10.1. The molecule has 0 fully saturated rings. The number of nitrogens with zero attached hydrogens (tertiary/aromatic N) is 2. The summed E-state index contributed by atoms with van der Waals surface area (Å²) < 4.78 is 29.1. The summed E-state index contributed by atoms with van der Waals surface area (Å²) in [5.74, 6) is 0.883. The fraction of sp³-hybridized carbons (Fsp3) is 0.350. The van der Waals surface area contributed by atoms with E-state index in [0.29, 0.717) is 13.0 Å². The lowest BCUT2D eigenvalue weighted by molar-refractivity contribution is 0.573. The van der Waals surface area contributed by atoms with Crippen molar-refractivity contribution in [2.24, 2.45) is 0 Å². The van der Waals surface area contributed by atoms with Crippen LogP contribution < -0.4 is 4.72 Å². The fourth-order valence-electron chi connectivity index (χ4n) is 2.89. The molecular formula is C20H25N3O2S. The Morgan fingerprint density at radius 3 is 2.54 bits per heavy atom. The number of imidazole rings is 1. The first-order valence-corrected chi connectivity index (χ1v) is 10.6. The molecule has 0 aliphatic carbocycles. The molecule has 1 aromatic heterocycles. The number of benzene rings is 2. The first-order valence-electron chi connectivity index (χ1n) is 8.95. The molecule has 1 N–H and O–H groups in total. The maximum atomic E-state index is 12.1. The van der Waals surface area contributed by atoms with Crippen molar-refractivity contribution >= 4 is 21.1 Å². The molecule has 6 heteroatoms. The largest absolute Gasteiger partial charge is 0.322 e. The highest BCUT2D eigenvalue weighted by Gasteiger charge is 2.14. The Morgan fingerprint density at radius 2 is 1.81 bits per heavy atom. The van der Waals surface area contributed by atoms with Crippen molar-refractivity contribution in [2.45, 2.75) is 39.8 Å². The van der Waals surface area contributed by atoms with Crippen LogP contribution in [0.25, 0.3) is 11.0 Å². The molecule has 0 unspecified atom stereocenters. The highest BCUT2D eigenvalue weighted by molar-refractivity contribution is 7.89. The van der Waals surface area contributed by atoms with E-state index in [4.69, 9.17) is 0 Å². The molecule has 1 heterocycles. The molecule has 0 spiro atoms. The van der Waals surface area contributed by atoms with Gasteiger partial charge in [-0.05, 0) is 31.0 Å². The van der Waals surface area contributed by atoms with Crippen molar-refractivity contribution in [3.63, 3.8) is 0 Å². The number of para-hydroxylation sites is 2. The quantitative estimate of drug-likeness (QED) is 0.658. The second kappa shape index (κ2) is 8.01. The van der Waals surface area contributed by atoms with Gasteiger partial charge in [-0.2, -0.15) is 0 Å². The van der Waals surface area contributed by atoms with Crippen molar-refractivity contribution in [3.8, 4) is 0 Å². The van der Waals surface area contributed by atoms with Gasteiger partial charge in [0.1, 0.15) is 5.82 Å². The summed E-state index contributed by atoms with van der Waals surface area (Å²) in [7, 11) is -3.28. The molecule has 0 radical (unpaired) electrons. The molecule has 138 valence electrons. The summed E-state index contributed by atoms with van der Waals surface area (Å²) in [6.45, 7) is 4.91. The Bertz CT molecular complexity index is 976. The van der Waals surface area contributed by atoms with Gasteiger partial charge in [0.2, 0.25) is 10.0 Å². The van der Waals surface area contributed by atoms with Crippen LogP contribution >= 0.6 is 0 Å². The molecule has 0 saturated carbocycles. The predicted octanol–water partition coefficient (Wildman–Crippen LogP) is 3.61. The monoisotopic (exact) mass is 371 g/mol. The summed E-state index contributed by atoms with van der Waals surface area (Å²) in [5.41, 5.74) is 4.26. The number of nitrogens with one attached hydrogen (secondary N) is 1. The van der Waals surface area contributed by atoms with Gasteiger partial charge in [-0.15, -0.1) is 0 Å². The SMILES string of the molecule is CCCCS(=O)(=O)NCc1nc2ccccc2n1Cc1ccc(C)cc1. The summed E-state index contributed by atoms with van der Waals surface area (Å²) >= 11 is 0. The Kier molecular flexibility index (Phi) is 5.74. The van der Waals surface area contributed by atoms with Crippen LogP contribution in [0.4, 0.5) is 0 Å². The van der Waals surface area contributed by atoms with E-state index in [2.05, 4.69) is 45.5 Å². The van der Waals surface area contributed by atoms with Gasteiger partial charge >= 0.3 is 0 Å². The van der Waals surface area contributed by atoms with E-state index >= 15 is 0 Å². The fourth-order valence-corrected chi connectivity index (χ4v) is 4.06. The molecule has 0 aliphatic heterocycles. The van der Waals surface area contributed by atoms with Crippen LogP contribution in [0.5, 0.6) is 0 Å². The van der Waals surface area contributed by atoms with Crippen molar-refractivity contribution in [3.05, 3.63) is 65.5 Å². The average Bonchev–Trinajstić information content (AvgIpc) is 2.98. The van der Waals surface area contributed by atoms with Crippen molar-refractivity contribution in [2.75, 3.05) is 5.75 Å².